The van der Waals surface area contributed by atoms with Gasteiger partial charge in [-0.1, -0.05) is 98.1 Å². The van der Waals surface area contributed by atoms with Gasteiger partial charge in [0.15, 0.2) is 0 Å². The number of rotatable bonds is 2. The zero-order valence-corrected chi connectivity index (χ0v) is 22.9. The number of hydrogen-bond acceptors (Lipinski definition) is 3. The summed E-state index contributed by atoms with van der Waals surface area (Å²) in [5.74, 6) is 0. The average Bonchev–Trinajstić information content (AvgIpc) is 3.61. The van der Waals surface area contributed by atoms with E-state index in [4.69, 9.17) is 15.0 Å². The lowest BCUT2D eigenvalue weighted by Gasteiger charge is -2.00. The number of aromatic nitrogens is 3. The highest BCUT2D eigenvalue weighted by Gasteiger charge is 2.11. The van der Waals surface area contributed by atoms with Crippen LogP contribution in [0.2, 0.25) is 0 Å². The molecule has 2 heterocycles. The van der Waals surface area contributed by atoms with Gasteiger partial charge in [-0.3, -0.25) is 15.0 Å². The molecule has 42 heavy (non-hydrogen) atoms. The van der Waals surface area contributed by atoms with E-state index in [0.717, 1.165) is 54.3 Å². The quantitative estimate of drug-likeness (QED) is 0.270. The van der Waals surface area contributed by atoms with E-state index in [2.05, 4.69) is 122 Å². The van der Waals surface area contributed by atoms with Crippen LogP contribution in [0, 0.1) is 0 Å². The SMILES string of the molecule is C=c1cc2cccc2c2cccc/c(=C\c3cnc4c(/C=c5\ccccc6c5c(=C)cc5cccc56)ncc-4cn3)c12. The predicted octanol–water partition coefficient (Wildman–Crippen LogP) is 6.07. The first kappa shape index (κ1) is 24.2. The van der Waals surface area contributed by atoms with Gasteiger partial charge in [-0.25, -0.2) is 0 Å². The molecule has 6 aromatic carbocycles. The molecule has 0 radical (unpaired) electrons. The number of benzene rings is 2. The van der Waals surface area contributed by atoms with Crippen LogP contribution in [0.3, 0.4) is 0 Å². The first-order chi connectivity index (χ1) is 20.6. The van der Waals surface area contributed by atoms with E-state index >= 15 is 0 Å². The molecule has 0 spiro atoms. The van der Waals surface area contributed by atoms with Gasteiger partial charge in [-0.15, -0.1) is 0 Å². The maximum absolute atomic E-state index is 4.90. The Bertz CT molecular complexity index is 2570. The Labute approximate surface area is 242 Å². The van der Waals surface area contributed by atoms with Crippen LogP contribution in [0.1, 0.15) is 11.4 Å². The fourth-order valence-electron chi connectivity index (χ4n) is 6.24. The minimum atomic E-state index is 0.766. The smallest absolute Gasteiger partial charge is 0.0990 e. The van der Waals surface area contributed by atoms with Crippen molar-refractivity contribution in [2.24, 2.45) is 0 Å². The standard InChI is InChI=1S/C39H25N3/c1-24-17-26-11-7-15-32(26)34-13-5-3-9-28(37(24)34)19-31-23-42-39-30(21-40-31)22-41-36(39)20-29-10-4-6-14-35-33-16-8-12-27(33)18-25(2)38(29)35/h3-23H,1-2H2/b28-19+,29-20+. The van der Waals surface area contributed by atoms with Gasteiger partial charge in [0.2, 0.25) is 0 Å². The van der Waals surface area contributed by atoms with Crippen molar-refractivity contribution in [3.05, 3.63) is 148 Å². The summed E-state index contributed by atoms with van der Waals surface area (Å²) in [4.78, 5) is 14.4. The molecule has 8 rings (SSSR count). The molecule has 3 nitrogen and oxygen atoms in total. The molecule has 0 N–H and O–H groups in total. The molecule has 2 aliphatic heterocycles. The van der Waals surface area contributed by atoms with Crippen molar-refractivity contribution in [1.82, 2.24) is 15.0 Å². The zero-order chi connectivity index (χ0) is 28.2. The Hall–Kier alpha value is -5.67. The summed E-state index contributed by atoms with van der Waals surface area (Å²) in [6.45, 7) is 8.77. The highest BCUT2D eigenvalue weighted by Crippen LogP contribution is 2.25. The van der Waals surface area contributed by atoms with E-state index < -0.39 is 0 Å². The largest absolute Gasteiger partial charge is 0.254 e. The summed E-state index contributed by atoms with van der Waals surface area (Å²) < 4.78 is 0. The first-order valence-corrected chi connectivity index (χ1v) is 14.0. The van der Waals surface area contributed by atoms with Crippen LogP contribution in [0.5, 0.6) is 0 Å². The van der Waals surface area contributed by atoms with Crippen LogP contribution >= 0.6 is 0 Å². The minimum Gasteiger partial charge on any atom is -0.254 e. The summed E-state index contributed by atoms with van der Waals surface area (Å²) in [6, 6.07) is 33.9. The Balaban J connectivity index is 1.32. The van der Waals surface area contributed by atoms with Crippen LogP contribution in [0.15, 0.2) is 116 Å². The fraction of sp³-hybridized carbons (Fsp3) is 0. The van der Waals surface area contributed by atoms with Gasteiger partial charge < -0.3 is 0 Å². The molecule has 0 saturated heterocycles. The predicted molar refractivity (Wildman–Crippen MR) is 176 cm³/mol. The second-order valence-electron chi connectivity index (χ2n) is 10.7. The van der Waals surface area contributed by atoms with Crippen LogP contribution < -0.4 is 20.9 Å². The Morgan fingerprint density at radius 3 is 1.69 bits per heavy atom. The monoisotopic (exact) mass is 535 g/mol. The van der Waals surface area contributed by atoms with Crippen molar-refractivity contribution < 1.29 is 0 Å². The third-order valence-electron chi connectivity index (χ3n) is 8.13. The van der Waals surface area contributed by atoms with Gasteiger partial charge >= 0.3 is 0 Å². The number of hydrogen-bond donors (Lipinski definition) is 0. The molecular weight excluding hydrogens is 510 g/mol. The van der Waals surface area contributed by atoms with E-state index in [0.29, 0.717) is 0 Å². The molecule has 0 aliphatic carbocycles. The summed E-state index contributed by atoms with van der Waals surface area (Å²) in [6.07, 6.45) is 9.71. The minimum absolute atomic E-state index is 0.766. The number of fused-ring (bicyclic) bond motifs is 7. The normalized spacial score (nSPS) is 12.8. The van der Waals surface area contributed by atoms with E-state index in [1.165, 1.54) is 32.3 Å². The van der Waals surface area contributed by atoms with Crippen molar-refractivity contribution in [2.45, 2.75) is 0 Å². The van der Waals surface area contributed by atoms with Crippen LogP contribution in [0.4, 0.5) is 0 Å². The molecule has 6 aromatic rings. The molecule has 0 aromatic heterocycles. The van der Waals surface area contributed by atoms with Gasteiger partial charge in [0.05, 0.1) is 23.3 Å². The van der Waals surface area contributed by atoms with Crippen LogP contribution in [0.25, 0.3) is 79.7 Å². The van der Waals surface area contributed by atoms with E-state index in [1.54, 1.807) is 0 Å². The van der Waals surface area contributed by atoms with Crippen molar-refractivity contribution in [3.8, 4) is 11.3 Å². The topological polar surface area (TPSA) is 38.7 Å². The van der Waals surface area contributed by atoms with Gasteiger partial charge in [0.1, 0.15) is 0 Å². The van der Waals surface area contributed by atoms with Crippen molar-refractivity contribution >= 4 is 68.4 Å². The molecular formula is C39H25N3. The van der Waals surface area contributed by atoms with Crippen molar-refractivity contribution in [3.63, 3.8) is 0 Å². The molecule has 0 bridgehead atoms. The first-order valence-electron chi connectivity index (χ1n) is 14.0. The summed E-state index contributed by atoms with van der Waals surface area (Å²) in [5, 5.41) is 13.6. The van der Waals surface area contributed by atoms with Gasteiger partial charge in [-0.05, 0) is 88.2 Å². The lowest BCUT2D eigenvalue weighted by atomic mass is 10.0. The molecule has 0 amide bonds. The third kappa shape index (κ3) is 3.87. The molecule has 196 valence electrons. The lowest BCUT2D eigenvalue weighted by Crippen LogP contribution is -2.11. The average molecular weight is 536 g/mol. The Morgan fingerprint density at radius 1 is 0.500 bits per heavy atom. The summed E-state index contributed by atoms with van der Waals surface area (Å²) in [7, 11) is 0. The molecule has 2 aliphatic rings. The zero-order valence-electron chi connectivity index (χ0n) is 22.9. The Kier molecular flexibility index (Phi) is 5.44. The highest BCUT2D eigenvalue weighted by molar-refractivity contribution is 6.09. The molecule has 0 unspecified atom stereocenters. The molecule has 0 saturated carbocycles. The van der Waals surface area contributed by atoms with E-state index in [1.807, 2.05) is 18.6 Å². The second-order valence-corrected chi connectivity index (χ2v) is 10.7. The van der Waals surface area contributed by atoms with Gasteiger partial charge in [0, 0.05) is 18.0 Å². The number of nitrogens with zero attached hydrogens (tertiary/aromatic N) is 3. The van der Waals surface area contributed by atoms with E-state index in [-0.39, 0.29) is 0 Å². The summed E-state index contributed by atoms with van der Waals surface area (Å²) >= 11 is 0. The fourth-order valence-corrected chi connectivity index (χ4v) is 6.24. The second kappa shape index (κ2) is 9.46. The van der Waals surface area contributed by atoms with Crippen LogP contribution in [-0.2, 0) is 0 Å². The van der Waals surface area contributed by atoms with E-state index in [9.17, 15) is 0 Å². The third-order valence-corrected chi connectivity index (χ3v) is 8.13. The van der Waals surface area contributed by atoms with Crippen molar-refractivity contribution in [2.75, 3.05) is 0 Å². The molecule has 3 heteroatoms. The maximum Gasteiger partial charge on any atom is 0.0990 e. The molecule has 0 atom stereocenters. The lowest BCUT2D eigenvalue weighted by molar-refractivity contribution is 1.27. The maximum atomic E-state index is 4.90. The summed E-state index contributed by atoms with van der Waals surface area (Å²) in [5.41, 5.74) is 3.26. The Morgan fingerprint density at radius 2 is 1.05 bits per heavy atom. The van der Waals surface area contributed by atoms with Crippen LogP contribution in [-0.4, -0.2) is 15.0 Å². The van der Waals surface area contributed by atoms with Gasteiger partial charge in [0.25, 0.3) is 0 Å². The highest BCUT2D eigenvalue weighted by atomic mass is 14.8. The van der Waals surface area contributed by atoms with Gasteiger partial charge in [-0.2, -0.15) is 0 Å². The van der Waals surface area contributed by atoms with Crippen molar-refractivity contribution in [1.29, 1.82) is 0 Å². The molecule has 0 fully saturated rings.